The second-order valence-corrected chi connectivity index (χ2v) is 8.06. The van der Waals surface area contributed by atoms with Crippen LogP contribution < -0.4 is 5.32 Å². The van der Waals surface area contributed by atoms with Crippen LogP contribution >= 0.6 is 11.6 Å². The molecular formula is C22H26ClN3O3. The molecular weight excluding hydrogens is 390 g/mol. The van der Waals surface area contributed by atoms with Crippen LogP contribution in [0.4, 0.5) is 0 Å². The van der Waals surface area contributed by atoms with Crippen LogP contribution in [-0.2, 0) is 11.2 Å². The molecule has 0 radical (unpaired) electrons. The molecule has 1 saturated heterocycles. The molecule has 1 aliphatic heterocycles. The van der Waals surface area contributed by atoms with Crippen molar-refractivity contribution in [3.63, 3.8) is 0 Å². The summed E-state index contributed by atoms with van der Waals surface area (Å²) in [6.45, 7) is 5.19. The first-order valence-electron chi connectivity index (χ1n) is 10.2. The number of H-pyrrole nitrogens is 1. The molecule has 7 heteroatoms. The van der Waals surface area contributed by atoms with Gasteiger partial charge in [0, 0.05) is 42.3 Å². The van der Waals surface area contributed by atoms with Gasteiger partial charge in [-0.1, -0.05) is 29.8 Å². The fourth-order valence-corrected chi connectivity index (χ4v) is 4.61. The van der Waals surface area contributed by atoms with Crippen LogP contribution in [0.15, 0.2) is 24.3 Å². The van der Waals surface area contributed by atoms with Gasteiger partial charge in [0.05, 0.1) is 19.3 Å². The number of aryl methyl sites for hydroxylation is 1. The molecule has 4 rings (SSSR count). The minimum atomic E-state index is -0.185. The van der Waals surface area contributed by atoms with Gasteiger partial charge in [0.15, 0.2) is 5.78 Å². The third kappa shape index (κ3) is 4.10. The first-order valence-corrected chi connectivity index (χ1v) is 10.5. The molecule has 2 heterocycles. The van der Waals surface area contributed by atoms with E-state index >= 15 is 0 Å². The van der Waals surface area contributed by atoms with Crippen molar-refractivity contribution in [2.24, 2.45) is 0 Å². The Balaban J connectivity index is 1.54. The Kier molecular flexibility index (Phi) is 6.04. The van der Waals surface area contributed by atoms with E-state index < -0.39 is 0 Å². The molecule has 1 aromatic carbocycles. The van der Waals surface area contributed by atoms with E-state index in [0.29, 0.717) is 42.5 Å². The van der Waals surface area contributed by atoms with Gasteiger partial charge in [-0.25, -0.2) is 0 Å². The number of morpholine rings is 1. The molecule has 0 saturated carbocycles. The molecule has 1 aromatic heterocycles. The number of ether oxygens (including phenoxy) is 1. The van der Waals surface area contributed by atoms with Gasteiger partial charge in [-0.3, -0.25) is 14.5 Å². The molecule has 1 aliphatic carbocycles. The molecule has 1 unspecified atom stereocenters. The first-order chi connectivity index (χ1) is 14.1. The minimum Gasteiger partial charge on any atom is -0.379 e. The number of Topliss-reactive ketones (excluding diaryl/α,β-unsaturated/α-hetero) is 1. The third-order valence-electron chi connectivity index (χ3n) is 5.87. The second-order valence-electron chi connectivity index (χ2n) is 7.65. The standard InChI is InChI=1S/C22H26ClN3O3/c1-14-20-17(7-4-8-19(20)27)25-21(14)22(28)24-13-18(26-9-11-29-12-10-26)15-5-2-3-6-16(15)23/h2-3,5-6,18,25H,4,7-13H2,1H3,(H,24,28). The molecule has 2 aromatic rings. The van der Waals surface area contributed by atoms with Crippen molar-refractivity contribution in [1.82, 2.24) is 15.2 Å². The van der Waals surface area contributed by atoms with Gasteiger partial charge >= 0.3 is 0 Å². The van der Waals surface area contributed by atoms with Crippen molar-refractivity contribution in [2.45, 2.75) is 32.2 Å². The molecule has 0 spiro atoms. The predicted molar refractivity (Wildman–Crippen MR) is 112 cm³/mol. The van der Waals surface area contributed by atoms with Crippen molar-refractivity contribution in [2.75, 3.05) is 32.8 Å². The monoisotopic (exact) mass is 415 g/mol. The number of fused-ring (bicyclic) bond motifs is 1. The maximum atomic E-state index is 13.0. The number of nitrogens with one attached hydrogen (secondary N) is 2. The summed E-state index contributed by atoms with van der Waals surface area (Å²) < 4.78 is 5.48. The Bertz CT molecular complexity index is 918. The van der Waals surface area contributed by atoms with Crippen LogP contribution in [0.3, 0.4) is 0 Å². The largest absolute Gasteiger partial charge is 0.379 e. The van der Waals surface area contributed by atoms with Crippen molar-refractivity contribution in [1.29, 1.82) is 0 Å². The smallest absolute Gasteiger partial charge is 0.268 e. The zero-order valence-electron chi connectivity index (χ0n) is 16.6. The van der Waals surface area contributed by atoms with Gasteiger partial charge in [0.2, 0.25) is 0 Å². The molecule has 0 bridgehead atoms. The number of carbonyl (C=O) groups excluding carboxylic acids is 2. The lowest BCUT2D eigenvalue weighted by atomic mass is 9.94. The number of halogens is 1. The summed E-state index contributed by atoms with van der Waals surface area (Å²) in [5.41, 5.74) is 3.83. The number of nitrogens with zero attached hydrogens (tertiary/aromatic N) is 1. The second kappa shape index (κ2) is 8.69. The Morgan fingerprint density at radius 2 is 2.03 bits per heavy atom. The topological polar surface area (TPSA) is 74.4 Å². The zero-order valence-corrected chi connectivity index (χ0v) is 17.3. The summed E-state index contributed by atoms with van der Waals surface area (Å²) in [4.78, 5) is 30.7. The normalized spacial score (nSPS) is 18.3. The average molecular weight is 416 g/mol. The van der Waals surface area contributed by atoms with E-state index in [9.17, 15) is 9.59 Å². The Hall–Kier alpha value is -2.15. The fraction of sp³-hybridized carbons (Fsp3) is 0.455. The third-order valence-corrected chi connectivity index (χ3v) is 6.22. The Morgan fingerprint density at radius 3 is 2.76 bits per heavy atom. The molecule has 6 nitrogen and oxygen atoms in total. The molecule has 2 N–H and O–H groups in total. The zero-order chi connectivity index (χ0) is 20.4. The molecule has 1 amide bonds. The SMILES string of the molecule is Cc1c(C(=O)NCC(c2ccccc2Cl)N2CCOCC2)[nH]c2c1C(=O)CCC2. The average Bonchev–Trinajstić information content (AvgIpc) is 3.08. The number of hydrogen-bond acceptors (Lipinski definition) is 4. The lowest BCUT2D eigenvalue weighted by molar-refractivity contribution is 0.0162. The number of aromatic amines is 1. The van der Waals surface area contributed by atoms with E-state index in [4.69, 9.17) is 16.3 Å². The van der Waals surface area contributed by atoms with Gasteiger partial charge in [-0.05, 0) is 37.0 Å². The summed E-state index contributed by atoms with van der Waals surface area (Å²) in [7, 11) is 0. The van der Waals surface area contributed by atoms with Crippen molar-refractivity contribution in [3.05, 3.63) is 57.4 Å². The highest BCUT2D eigenvalue weighted by molar-refractivity contribution is 6.31. The lowest BCUT2D eigenvalue weighted by Crippen LogP contribution is -2.44. The maximum absolute atomic E-state index is 13.0. The molecule has 1 fully saturated rings. The van der Waals surface area contributed by atoms with Crippen molar-refractivity contribution >= 4 is 23.3 Å². The van der Waals surface area contributed by atoms with Crippen LogP contribution in [-0.4, -0.2) is 54.4 Å². The van der Waals surface area contributed by atoms with Gasteiger partial charge < -0.3 is 15.0 Å². The van der Waals surface area contributed by atoms with E-state index in [1.807, 2.05) is 31.2 Å². The number of amides is 1. The highest BCUT2D eigenvalue weighted by atomic mass is 35.5. The number of hydrogen-bond donors (Lipinski definition) is 2. The highest BCUT2D eigenvalue weighted by Gasteiger charge is 2.28. The van der Waals surface area contributed by atoms with Crippen molar-refractivity contribution in [3.8, 4) is 0 Å². The van der Waals surface area contributed by atoms with E-state index in [0.717, 1.165) is 42.8 Å². The molecule has 2 aliphatic rings. The lowest BCUT2D eigenvalue weighted by Gasteiger charge is -2.35. The summed E-state index contributed by atoms with van der Waals surface area (Å²) in [6, 6.07) is 7.71. The van der Waals surface area contributed by atoms with Gasteiger partial charge in [-0.2, -0.15) is 0 Å². The molecule has 29 heavy (non-hydrogen) atoms. The van der Waals surface area contributed by atoms with Crippen LogP contribution in [0.5, 0.6) is 0 Å². The van der Waals surface area contributed by atoms with E-state index in [1.54, 1.807) is 0 Å². The van der Waals surface area contributed by atoms with E-state index in [-0.39, 0.29) is 17.7 Å². The van der Waals surface area contributed by atoms with Crippen LogP contribution in [0.2, 0.25) is 5.02 Å². The number of aromatic nitrogens is 1. The summed E-state index contributed by atoms with van der Waals surface area (Å²) >= 11 is 6.47. The van der Waals surface area contributed by atoms with E-state index in [2.05, 4.69) is 15.2 Å². The summed E-state index contributed by atoms with van der Waals surface area (Å²) in [5.74, 6) is -0.0590. The maximum Gasteiger partial charge on any atom is 0.268 e. The number of carbonyl (C=O) groups is 2. The predicted octanol–water partition coefficient (Wildman–Crippen LogP) is 3.30. The highest BCUT2D eigenvalue weighted by Crippen LogP contribution is 2.29. The van der Waals surface area contributed by atoms with Crippen molar-refractivity contribution < 1.29 is 14.3 Å². The van der Waals surface area contributed by atoms with Gasteiger partial charge in [0.1, 0.15) is 5.69 Å². The van der Waals surface area contributed by atoms with Crippen LogP contribution in [0.1, 0.15) is 56.6 Å². The molecule has 1 atom stereocenters. The number of rotatable bonds is 5. The summed E-state index contributed by atoms with van der Waals surface area (Å²) in [5, 5.41) is 3.75. The van der Waals surface area contributed by atoms with Gasteiger partial charge in [-0.15, -0.1) is 0 Å². The van der Waals surface area contributed by atoms with E-state index in [1.165, 1.54) is 0 Å². The fourth-order valence-electron chi connectivity index (χ4n) is 4.35. The van der Waals surface area contributed by atoms with Crippen LogP contribution in [0.25, 0.3) is 0 Å². The Morgan fingerprint density at radius 1 is 1.28 bits per heavy atom. The molecule has 154 valence electrons. The summed E-state index contributed by atoms with van der Waals surface area (Å²) in [6.07, 6.45) is 2.20. The van der Waals surface area contributed by atoms with Crippen LogP contribution in [0, 0.1) is 6.92 Å². The quantitative estimate of drug-likeness (QED) is 0.785. The first kappa shape index (κ1) is 20.1. The van der Waals surface area contributed by atoms with Gasteiger partial charge in [0.25, 0.3) is 5.91 Å². The number of ketones is 1. The minimum absolute atomic E-state index is 0.0388. The number of benzene rings is 1. The Labute approximate surface area is 175 Å².